The van der Waals surface area contributed by atoms with E-state index in [4.69, 9.17) is 10.5 Å². The molecule has 0 spiro atoms. The Morgan fingerprint density at radius 1 is 1.21 bits per heavy atom. The third-order valence-electron chi connectivity index (χ3n) is 1.46. The lowest BCUT2D eigenvalue weighted by molar-refractivity contribution is -0.137. The number of rotatable bonds is 7. The minimum absolute atomic E-state index is 0.0105. The van der Waals surface area contributed by atoms with Gasteiger partial charge in [0.25, 0.3) is 0 Å². The van der Waals surface area contributed by atoms with Crippen molar-refractivity contribution in [3.05, 3.63) is 0 Å². The molecule has 0 amide bonds. The Balaban J connectivity index is 3.11. The summed E-state index contributed by atoms with van der Waals surface area (Å²) in [6, 6.07) is 0. The maximum atomic E-state index is 11.6. The zero-order chi connectivity index (χ0) is 11.0. The molecule has 0 fully saturated rings. The molecule has 0 aromatic heterocycles. The highest BCUT2D eigenvalue weighted by atomic mass is 32.1. The molecule has 0 unspecified atom stereocenters. The standard InChI is InChI=1S/C8H14F3NOS/c9-8(10,11)4-2-6-13-5-1-3-7(12)14/h1-6H2,(H2,12,14). The molecule has 0 aliphatic rings. The average molecular weight is 229 g/mol. The van der Waals surface area contributed by atoms with Crippen LogP contribution in [0.3, 0.4) is 0 Å². The van der Waals surface area contributed by atoms with Gasteiger partial charge in [-0.05, 0) is 19.3 Å². The van der Waals surface area contributed by atoms with Crippen LogP contribution in [0.15, 0.2) is 0 Å². The predicted octanol–water partition coefficient (Wildman–Crippen LogP) is 2.41. The van der Waals surface area contributed by atoms with Crippen molar-refractivity contribution >= 4 is 17.2 Å². The van der Waals surface area contributed by atoms with Gasteiger partial charge in [-0.3, -0.25) is 0 Å². The van der Waals surface area contributed by atoms with E-state index in [0.717, 1.165) is 0 Å². The molecule has 0 aromatic carbocycles. The molecule has 0 bridgehead atoms. The molecule has 14 heavy (non-hydrogen) atoms. The van der Waals surface area contributed by atoms with Crippen molar-refractivity contribution in [2.24, 2.45) is 5.73 Å². The van der Waals surface area contributed by atoms with Gasteiger partial charge in [0, 0.05) is 19.6 Å². The smallest absolute Gasteiger partial charge is 0.389 e. The van der Waals surface area contributed by atoms with Gasteiger partial charge >= 0.3 is 6.18 Å². The van der Waals surface area contributed by atoms with Crippen LogP contribution < -0.4 is 5.73 Å². The number of thiocarbonyl (C=S) groups is 1. The number of nitrogens with two attached hydrogens (primary N) is 1. The van der Waals surface area contributed by atoms with E-state index >= 15 is 0 Å². The highest BCUT2D eigenvalue weighted by Crippen LogP contribution is 2.20. The third kappa shape index (κ3) is 11.6. The van der Waals surface area contributed by atoms with Gasteiger partial charge in [-0.1, -0.05) is 12.2 Å². The topological polar surface area (TPSA) is 35.2 Å². The van der Waals surface area contributed by atoms with Crippen LogP contribution in [0.1, 0.15) is 25.7 Å². The number of alkyl halides is 3. The van der Waals surface area contributed by atoms with Crippen LogP contribution in [0.4, 0.5) is 13.2 Å². The molecule has 0 radical (unpaired) electrons. The van der Waals surface area contributed by atoms with E-state index in [1.54, 1.807) is 0 Å². The molecule has 2 N–H and O–H groups in total. The van der Waals surface area contributed by atoms with Crippen molar-refractivity contribution in [3.8, 4) is 0 Å². The van der Waals surface area contributed by atoms with Crippen LogP contribution in [0.2, 0.25) is 0 Å². The lowest BCUT2D eigenvalue weighted by Gasteiger charge is -2.06. The van der Waals surface area contributed by atoms with Crippen LogP contribution in [0.5, 0.6) is 0 Å². The molecule has 0 aliphatic heterocycles. The summed E-state index contributed by atoms with van der Waals surface area (Å²) in [6.07, 6.45) is -3.61. The first-order valence-corrected chi connectivity index (χ1v) is 4.75. The molecule has 0 atom stereocenters. The van der Waals surface area contributed by atoms with Crippen LogP contribution >= 0.6 is 12.2 Å². The van der Waals surface area contributed by atoms with Crippen LogP contribution in [0.25, 0.3) is 0 Å². The minimum Gasteiger partial charge on any atom is -0.393 e. The minimum atomic E-state index is -4.08. The molecule has 0 aromatic rings. The van der Waals surface area contributed by atoms with Gasteiger partial charge in [0.05, 0.1) is 4.99 Å². The van der Waals surface area contributed by atoms with Gasteiger partial charge in [0.15, 0.2) is 0 Å². The zero-order valence-corrected chi connectivity index (χ0v) is 8.59. The van der Waals surface area contributed by atoms with Gasteiger partial charge in [-0.25, -0.2) is 0 Å². The van der Waals surface area contributed by atoms with Gasteiger partial charge in [-0.15, -0.1) is 0 Å². The Morgan fingerprint density at radius 3 is 2.29 bits per heavy atom. The van der Waals surface area contributed by atoms with Gasteiger partial charge in [0.2, 0.25) is 0 Å². The van der Waals surface area contributed by atoms with Crippen molar-refractivity contribution in [2.45, 2.75) is 31.9 Å². The fourth-order valence-corrected chi connectivity index (χ4v) is 0.970. The van der Waals surface area contributed by atoms with Crippen molar-refractivity contribution in [1.29, 1.82) is 0 Å². The first-order valence-electron chi connectivity index (χ1n) is 4.34. The normalized spacial score (nSPS) is 11.6. The Kier molecular flexibility index (Phi) is 6.82. The van der Waals surface area contributed by atoms with Gasteiger partial charge in [-0.2, -0.15) is 13.2 Å². The number of hydrogen-bond acceptors (Lipinski definition) is 2. The highest BCUT2D eigenvalue weighted by molar-refractivity contribution is 7.80. The molecule has 2 nitrogen and oxygen atoms in total. The first kappa shape index (κ1) is 13.6. The number of ether oxygens (including phenoxy) is 1. The third-order valence-corrected chi connectivity index (χ3v) is 1.66. The highest BCUT2D eigenvalue weighted by Gasteiger charge is 2.25. The van der Waals surface area contributed by atoms with E-state index in [1.807, 2.05) is 0 Å². The van der Waals surface area contributed by atoms with E-state index in [2.05, 4.69) is 12.2 Å². The average Bonchev–Trinajstić information content (AvgIpc) is 2.00. The molecule has 0 heterocycles. The second-order valence-electron chi connectivity index (χ2n) is 2.90. The first-order chi connectivity index (χ1) is 6.42. The van der Waals surface area contributed by atoms with E-state index in [0.29, 0.717) is 24.4 Å². The molecular weight excluding hydrogens is 215 g/mol. The molecule has 84 valence electrons. The molecule has 0 aliphatic carbocycles. The summed E-state index contributed by atoms with van der Waals surface area (Å²) < 4.78 is 39.9. The number of halogens is 3. The van der Waals surface area contributed by atoms with E-state index in [-0.39, 0.29) is 13.0 Å². The van der Waals surface area contributed by atoms with Gasteiger partial charge in [0.1, 0.15) is 0 Å². The van der Waals surface area contributed by atoms with Crippen LogP contribution in [-0.2, 0) is 4.74 Å². The largest absolute Gasteiger partial charge is 0.393 e. The summed E-state index contributed by atoms with van der Waals surface area (Å²) in [6.45, 7) is 0.548. The summed E-state index contributed by atoms with van der Waals surface area (Å²) >= 11 is 4.62. The van der Waals surface area contributed by atoms with E-state index < -0.39 is 12.6 Å². The monoisotopic (exact) mass is 229 g/mol. The predicted molar refractivity (Wildman–Crippen MR) is 52.1 cm³/mol. The quantitative estimate of drug-likeness (QED) is 0.538. The van der Waals surface area contributed by atoms with Crippen molar-refractivity contribution < 1.29 is 17.9 Å². The van der Waals surface area contributed by atoms with Gasteiger partial charge < -0.3 is 10.5 Å². The Morgan fingerprint density at radius 2 is 1.79 bits per heavy atom. The van der Waals surface area contributed by atoms with E-state index in [1.165, 1.54) is 0 Å². The summed E-state index contributed by atoms with van der Waals surface area (Å²) in [5, 5.41) is 0. The van der Waals surface area contributed by atoms with Crippen molar-refractivity contribution in [1.82, 2.24) is 0 Å². The van der Waals surface area contributed by atoms with Crippen LogP contribution in [0, 0.1) is 0 Å². The fraction of sp³-hybridized carbons (Fsp3) is 0.875. The number of hydrogen-bond donors (Lipinski definition) is 1. The van der Waals surface area contributed by atoms with Crippen LogP contribution in [-0.4, -0.2) is 24.4 Å². The Hall–Kier alpha value is -0.360. The molecule has 0 saturated carbocycles. The SMILES string of the molecule is NC(=S)CCCOCCCC(F)(F)F. The molecule has 6 heteroatoms. The summed E-state index contributed by atoms with van der Waals surface area (Å²) in [4.78, 5) is 0.406. The second kappa shape index (κ2) is 7.00. The maximum Gasteiger partial charge on any atom is 0.389 e. The fourth-order valence-electron chi connectivity index (χ4n) is 0.825. The summed E-state index contributed by atoms with van der Waals surface area (Å²) in [5.74, 6) is 0. The molecular formula is C8H14F3NOS. The van der Waals surface area contributed by atoms with Crippen molar-refractivity contribution in [2.75, 3.05) is 13.2 Å². The Labute approximate surface area is 86.6 Å². The van der Waals surface area contributed by atoms with E-state index in [9.17, 15) is 13.2 Å². The van der Waals surface area contributed by atoms with Crippen molar-refractivity contribution in [3.63, 3.8) is 0 Å². The summed E-state index contributed by atoms with van der Waals surface area (Å²) in [7, 11) is 0. The second-order valence-corrected chi connectivity index (χ2v) is 3.43. The summed E-state index contributed by atoms with van der Waals surface area (Å²) in [5.41, 5.74) is 5.22. The Bertz CT molecular complexity index is 172. The zero-order valence-electron chi connectivity index (χ0n) is 7.77. The lowest BCUT2D eigenvalue weighted by Crippen LogP contribution is -2.10. The maximum absolute atomic E-state index is 11.6. The molecule has 0 rings (SSSR count). The lowest BCUT2D eigenvalue weighted by atomic mass is 10.3. The molecule has 0 saturated heterocycles.